The number of hydrogen-bond acceptors (Lipinski definition) is 3. The molecule has 2 aromatic carbocycles. The third-order valence-electron chi connectivity index (χ3n) is 3.76. The van der Waals surface area contributed by atoms with Gasteiger partial charge in [0.15, 0.2) is 0 Å². The van der Waals surface area contributed by atoms with Crippen LogP contribution in [0.25, 0.3) is 0 Å². The fourth-order valence-electron chi connectivity index (χ4n) is 2.54. The van der Waals surface area contributed by atoms with Crippen LogP contribution in [-0.2, 0) is 4.74 Å². The normalized spacial score (nSPS) is 16.5. The van der Waals surface area contributed by atoms with Crippen molar-refractivity contribution in [3.8, 4) is 11.5 Å². The summed E-state index contributed by atoms with van der Waals surface area (Å²) in [5.74, 6) is -4.02. The summed E-state index contributed by atoms with van der Waals surface area (Å²) in [5, 5.41) is 0. The van der Waals surface area contributed by atoms with Crippen LogP contribution in [0.2, 0.25) is 0 Å². The zero-order chi connectivity index (χ0) is 20.9. The van der Waals surface area contributed by atoms with E-state index in [2.05, 4.69) is 4.74 Å². The van der Waals surface area contributed by atoms with Crippen LogP contribution in [0.1, 0.15) is 6.42 Å². The van der Waals surface area contributed by atoms with E-state index in [-0.39, 0.29) is 12.2 Å². The molecule has 1 aliphatic carbocycles. The number of ether oxygens (including phenoxy) is 3. The summed E-state index contributed by atoms with van der Waals surface area (Å²) in [6.07, 6.45) is -1.74. The van der Waals surface area contributed by atoms with Crippen LogP contribution in [-0.4, -0.2) is 12.0 Å². The molecule has 2 aromatic rings. The maximum Gasteiger partial charge on any atom is 0.449 e. The smallest absolute Gasteiger partial charge is 0.448 e. The van der Waals surface area contributed by atoms with E-state index in [0.717, 1.165) is 0 Å². The van der Waals surface area contributed by atoms with Gasteiger partial charge in [-0.2, -0.15) is 22.0 Å². The Labute approximate surface area is 163 Å². The molecule has 0 N–H and O–H groups in total. The van der Waals surface area contributed by atoms with Crippen molar-refractivity contribution in [3.63, 3.8) is 0 Å². The molecule has 0 amide bonds. The average molecular weight is 410 g/mol. The van der Waals surface area contributed by atoms with E-state index in [1.165, 1.54) is 18.2 Å². The lowest BCUT2D eigenvalue weighted by molar-refractivity contribution is -0.116. The van der Waals surface area contributed by atoms with Gasteiger partial charge >= 0.3 is 12.2 Å². The molecule has 0 spiro atoms. The lowest BCUT2D eigenvalue weighted by atomic mass is 10.1. The molecule has 0 aromatic heterocycles. The molecule has 0 saturated carbocycles. The first-order valence-electron chi connectivity index (χ1n) is 8.44. The van der Waals surface area contributed by atoms with Gasteiger partial charge < -0.3 is 14.2 Å². The van der Waals surface area contributed by atoms with Crippen molar-refractivity contribution in [3.05, 3.63) is 96.5 Å². The summed E-state index contributed by atoms with van der Waals surface area (Å²) in [6, 6.07) is 14.6. The maximum absolute atomic E-state index is 13.6. The van der Waals surface area contributed by atoms with Crippen LogP contribution in [0.15, 0.2) is 96.5 Å². The molecular formula is C21H15F5O3. The molecule has 0 aliphatic heterocycles. The van der Waals surface area contributed by atoms with Crippen LogP contribution in [0, 0.1) is 0 Å². The summed E-state index contributed by atoms with van der Waals surface area (Å²) in [6.45, 7) is 0. The average Bonchev–Trinajstić information content (AvgIpc) is 2.68. The lowest BCUT2D eigenvalue weighted by Crippen LogP contribution is -2.42. The number of alkyl halides is 3. The molecule has 0 saturated heterocycles. The van der Waals surface area contributed by atoms with Crippen LogP contribution < -0.4 is 9.47 Å². The minimum atomic E-state index is -5.49. The van der Waals surface area contributed by atoms with E-state index in [4.69, 9.17) is 9.47 Å². The van der Waals surface area contributed by atoms with E-state index < -0.39 is 23.8 Å². The highest BCUT2D eigenvalue weighted by Gasteiger charge is 2.41. The number of hydrogen-bond donors (Lipinski definition) is 0. The number of allylic oxidation sites excluding steroid dienone is 3. The Kier molecular flexibility index (Phi) is 5.91. The Morgan fingerprint density at radius 1 is 0.828 bits per heavy atom. The minimum Gasteiger partial charge on any atom is -0.448 e. The Morgan fingerprint density at radius 2 is 1.34 bits per heavy atom. The van der Waals surface area contributed by atoms with Gasteiger partial charge in [0, 0.05) is 6.08 Å². The Hall–Kier alpha value is -3.29. The van der Waals surface area contributed by atoms with Crippen molar-refractivity contribution >= 4 is 0 Å². The van der Waals surface area contributed by atoms with E-state index >= 15 is 0 Å². The fourth-order valence-corrected chi connectivity index (χ4v) is 2.54. The topological polar surface area (TPSA) is 27.7 Å². The molecular weight excluding hydrogens is 395 g/mol. The highest BCUT2D eigenvalue weighted by molar-refractivity contribution is 5.30. The first kappa shape index (κ1) is 20.4. The molecule has 0 heterocycles. The SMILES string of the molecule is FC(OC1=CC=CC(Oc2ccccc2)(Oc2ccccc2)C1)=C(F)C(F)(F)F. The van der Waals surface area contributed by atoms with Gasteiger partial charge in [0.1, 0.15) is 17.3 Å². The molecule has 29 heavy (non-hydrogen) atoms. The molecule has 3 rings (SSSR count). The van der Waals surface area contributed by atoms with Crippen LogP contribution in [0.5, 0.6) is 11.5 Å². The van der Waals surface area contributed by atoms with Crippen molar-refractivity contribution < 1.29 is 36.2 Å². The monoisotopic (exact) mass is 410 g/mol. The summed E-state index contributed by atoms with van der Waals surface area (Å²) in [4.78, 5) is 0. The second-order valence-electron chi connectivity index (χ2n) is 6.00. The number of benzene rings is 2. The summed E-state index contributed by atoms with van der Waals surface area (Å²) in [5.41, 5.74) is 0. The second kappa shape index (κ2) is 8.38. The molecule has 3 nitrogen and oxygen atoms in total. The fraction of sp³-hybridized carbons (Fsp3) is 0.143. The van der Waals surface area contributed by atoms with Crippen LogP contribution in [0.3, 0.4) is 0 Å². The first-order chi connectivity index (χ1) is 13.8. The third-order valence-corrected chi connectivity index (χ3v) is 3.76. The van der Waals surface area contributed by atoms with Gasteiger partial charge in [-0.15, -0.1) is 0 Å². The molecule has 8 heteroatoms. The lowest BCUT2D eigenvalue weighted by Gasteiger charge is -2.34. The van der Waals surface area contributed by atoms with E-state index in [0.29, 0.717) is 11.5 Å². The number of para-hydroxylation sites is 2. The largest absolute Gasteiger partial charge is 0.449 e. The molecule has 0 atom stereocenters. The molecule has 0 fully saturated rings. The van der Waals surface area contributed by atoms with Crippen molar-refractivity contribution in [2.45, 2.75) is 18.4 Å². The van der Waals surface area contributed by atoms with Gasteiger partial charge in [-0.1, -0.05) is 42.5 Å². The molecule has 152 valence electrons. The maximum atomic E-state index is 13.6. The Bertz CT molecular complexity index is 877. The van der Waals surface area contributed by atoms with E-state index in [1.54, 1.807) is 60.7 Å². The molecule has 1 aliphatic rings. The van der Waals surface area contributed by atoms with Gasteiger partial charge in [-0.05, 0) is 30.3 Å². The number of halogens is 5. The van der Waals surface area contributed by atoms with Gasteiger partial charge in [0.05, 0.1) is 6.42 Å². The van der Waals surface area contributed by atoms with Gasteiger partial charge in [-0.25, -0.2) is 0 Å². The van der Waals surface area contributed by atoms with E-state index in [1.807, 2.05) is 0 Å². The van der Waals surface area contributed by atoms with Crippen molar-refractivity contribution in [1.29, 1.82) is 0 Å². The van der Waals surface area contributed by atoms with Crippen molar-refractivity contribution in [2.24, 2.45) is 0 Å². The molecule has 0 radical (unpaired) electrons. The minimum absolute atomic E-state index is 0.309. The predicted molar refractivity (Wildman–Crippen MR) is 95.1 cm³/mol. The first-order valence-corrected chi connectivity index (χ1v) is 8.44. The zero-order valence-corrected chi connectivity index (χ0v) is 14.8. The molecule has 0 bridgehead atoms. The summed E-state index contributed by atoms with van der Waals surface area (Å²) in [7, 11) is 0. The Balaban J connectivity index is 1.87. The molecule has 0 unspecified atom stereocenters. The summed E-state index contributed by atoms with van der Waals surface area (Å²) >= 11 is 0. The standard InChI is InChI=1S/C21H15F5O3/c22-18(21(24,25)26)19(23)27-17-12-7-13-20(14-17,28-15-8-3-1-4-9-15)29-16-10-5-2-6-11-16/h1-13H,14H2. The Morgan fingerprint density at radius 3 is 1.83 bits per heavy atom. The second-order valence-corrected chi connectivity index (χ2v) is 6.00. The highest BCUT2D eigenvalue weighted by atomic mass is 19.4. The zero-order valence-electron chi connectivity index (χ0n) is 14.8. The highest BCUT2D eigenvalue weighted by Crippen LogP contribution is 2.36. The van der Waals surface area contributed by atoms with Gasteiger partial charge in [-0.3, -0.25) is 0 Å². The third kappa shape index (κ3) is 5.37. The van der Waals surface area contributed by atoms with Crippen molar-refractivity contribution in [1.82, 2.24) is 0 Å². The van der Waals surface area contributed by atoms with Crippen LogP contribution in [0.4, 0.5) is 22.0 Å². The van der Waals surface area contributed by atoms with Gasteiger partial charge in [0.2, 0.25) is 0 Å². The quantitative estimate of drug-likeness (QED) is 0.315. The summed E-state index contributed by atoms with van der Waals surface area (Å²) < 4.78 is 80.0. The van der Waals surface area contributed by atoms with E-state index in [9.17, 15) is 22.0 Å². The number of rotatable bonds is 6. The van der Waals surface area contributed by atoms with Crippen LogP contribution >= 0.6 is 0 Å². The predicted octanol–water partition coefficient (Wildman–Crippen LogP) is 6.37. The van der Waals surface area contributed by atoms with Gasteiger partial charge in [0.25, 0.3) is 11.6 Å². The van der Waals surface area contributed by atoms with Crippen molar-refractivity contribution in [2.75, 3.05) is 0 Å².